The Balaban J connectivity index is 1.22. The number of carbonyl (C=O) groups excluding carboxylic acids is 1. The maximum Gasteiger partial charge on any atom is 0.401 e. The molecule has 0 aliphatic heterocycles. The molecule has 0 saturated heterocycles. The van der Waals surface area contributed by atoms with Gasteiger partial charge in [-0.25, -0.2) is 19.3 Å². The number of benzene rings is 1. The summed E-state index contributed by atoms with van der Waals surface area (Å²) in [4.78, 5) is 24.9. The van der Waals surface area contributed by atoms with Crippen molar-refractivity contribution in [1.82, 2.24) is 24.7 Å². The molecule has 2 N–H and O–H groups in total. The Morgan fingerprint density at radius 1 is 1.14 bits per heavy atom. The number of hydrogen-bond donors (Lipinski definition) is 2. The summed E-state index contributed by atoms with van der Waals surface area (Å²) in [6.07, 6.45) is 1.43. The summed E-state index contributed by atoms with van der Waals surface area (Å²) < 4.78 is 61.2. The zero-order chi connectivity index (χ0) is 26.2. The summed E-state index contributed by atoms with van der Waals surface area (Å²) in [5.74, 6) is -0.680. The summed E-state index contributed by atoms with van der Waals surface area (Å²) in [7, 11) is 0. The van der Waals surface area contributed by atoms with Crippen molar-refractivity contribution in [2.45, 2.75) is 44.3 Å². The lowest BCUT2D eigenvalue weighted by Crippen LogP contribution is -2.28. The molecule has 1 aliphatic rings. The molecule has 37 heavy (non-hydrogen) atoms. The highest BCUT2D eigenvalue weighted by molar-refractivity contribution is 5.91. The van der Waals surface area contributed by atoms with Crippen molar-refractivity contribution in [2.24, 2.45) is 0 Å². The predicted octanol–water partition coefficient (Wildman–Crippen LogP) is 5.01. The molecule has 1 fully saturated rings. The number of aromatic nitrogens is 5. The number of halogens is 4. The fourth-order valence-corrected chi connectivity index (χ4v) is 3.92. The van der Waals surface area contributed by atoms with Gasteiger partial charge in [0.05, 0.1) is 18.9 Å². The highest BCUT2D eigenvalue weighted by Crippen LogP contribution is 2.59. The predicted molar refractivity (Wildman–Crippen MR) is 124 cm³/mol. The van der Waals surface area contributed by atoms with Gasteiger partial charge in [0.2, 0.25) is 11.9 Å². The molecule has 0 unspecified atom stereocenters. The Bertz CT molecular complexity index is 1430. The highest BCUT2D eigenvalue weighted by atomic mass is 19.4. The van der Waals surface area contributed by atoms with E-state index in [-0.39, 0.29) is 36.4 Å². The summed E-state index contributed by atoms with van der Waals surface area (Å²) in [6, 6.07) is 5.40. The molecule has 1 aliphatic carbocycles. The van der Waals surface area contributed by atoms with Crippen LogP contribution in [0, 0.1) is 5.82 Å². The number of imidazole rings is 1. The molecule has 0 bridgehead atoms. The fraction of sp³-hybridized carbons (Fsp3) is 0.292. The second-order valence-electron chi connectivity index (χ2n) is 8.67. The van der Waals surface area contributed by atoms with Crippen molar-refractivity contribution in [3.8, 4) is 11.1 Å². The van der Waals surface area contributed by atoms with Gasteiger partial charge in [-0.2, -0.15) is 13.2 Å². The monoisotopic (exact) mass is 515 g/mol. The molecule has 0 radical (unpaired) electrons. The number of rotatable bonds is 8. The van der Waals surface area contributed by atoms with E-state index in [2.05, 4.69) is 30.7 Å². The van der Waals surface area contributed by atoms with Crippen molar-refractivity contribution in [3.05, 3.63) is 66.3 Å². The molecule has 0 spiro atoms. The summed E-state index contributed by atoms with van der Waals surface area (Å²) >= 11 is 0. The highest BCUT2D eigenvalue weighted by Gasteiger charge is 2.66. The SMILES string of the molecule is CCn1cncc1Nc1ncc(-c2ccc(CC(=O)Nc3cc(C4(C(F)(F)F)CC4)on3)c(F)c2)cn1. The standard InChI is InChI=1S/C24H21F4N7O2/c1-2-35-13-29-12-20(35)33-22-30-10-16(11-31-22)14-3-4-15(17(25)7-14)8-21(36)32-19-9-18(37-34-19)23(5-6-23)24(26,27)28/h3-4,7,9-13H,2,5-6,8H2,1H3,(H,30,31,33)(H,32,34,36). The van der Waals surface area contributed by atoms with Crippen LogP contribution < -0.4 is 10.6 Å². The minimum atomic E-state index is -4.46. The molecule has 13 heteroatoms. The summed E-state index contributed by atoms with van der Waals surface area (Å²) in [6.45, 7) is 2.70. The topological polar surface area (TPSA) is 111 Å². The van der Waals surface area contributed by atoms with Crippen LogP contribution in [-0.2, 0) is 23.2 Å². The van der Waals surface area contributed by atoms with E-state index in [9.17, 15) is 22.4 Å². The van der Waals surface area contributed by atoms with Gasteiger partial charge >= 0.3 is 6.18 Å². The lowest BCUT2D eigenvalue weighted by molar-refractivity contribution is -0.165. The van der Waals surface area contributed by atoms with Crippen LogP contribution in [0.5, 0.6) is 0 Å². The van der Waals surface area contributed by atoms with Gasteiger partial charge in [-0.3, -0.25) is 4.79 Å². The van der Waals surface area contributed by atoms with E-state index in [4.69, 9.17) is 4.52 Å². The Hall–Kier alpha value is -4.29. The van der Waals surface area contributed by atoms with Crippen molar-refractivity contribution in [2.75, 3.05) is 10.6 Å². The molecule has 4 aromatic rings. The van der Waals surface area contributed by atoms with E-state index in [0.29, 0.717) is 17.1 Å². The molecule has 192 valence electrons. The third-order valence-electron chi connectivity index (χ3n) is 6.22. The molecule has 1 aromatic carbocycles. The van der Waals surface area contributed by atoms with Gasteiger partial charge in [0.15, 0.2) is 11.6 Å². The molecule has 3 aromatic heterocycles. The zero-order valence-electron chi connectivity index (χ0n) is 19.5. The molecule has 0 atom stereocenters. The first-order valence-electron chi connectivity index (χ1n) is 11.4. The number of nitrogens with zero attached hydrogens (tertiary/aromatic N) is 5. The fourth-order valence-electron chi connectivity index (χ4n) is 3.92. The first kappa shape index (κ1) is 24.4. The van der Waals surface area contributed by atoms with Crippen LogP contribution >= 0.6 is 0 Å². The average molecular weight is 515 g/mol. The second kappa shape index (κ2) is 9.30. The quantitative estimate of drug-likeness (QED) is 0.318. The number of alkyl halides is 3. The average Bonchev–Trinajstić information content (AvgIpc) is 3.37. The van der Waals surface area contributed by atoms with Crippen LogP contribution in [0.1, 0.15) is 31.1 Å². The number of hydrogen-bond acceptors (Lipinski definition) is 7. The largest absolute Gasteiger partial charge is 0.401 e. The van der Waals surface area contributed by atoms with Gasteiger partial charge in [-0.05, 0) is 37.0 Å². The first-order valence-corrected chi connectivity index (χ1v) is 11.4. The van der Waals surface area contributed by atoms with Gasteiger partial charge < -0.3 is 19.7 Å². The zero-order valence-corrected chi connectivity index (χ0v) is 19.5. The molecular formula is C24H21F4N7O2. The number of aryl methyl sites for hydroxylation is 1. The lowest BCUT2D eigenvalue weighted by Gasteiger charge is -2.14. The maximum atomic E-state index is 14.7. The van der Waals surface area contributed by atoms with Crippen LogP contribution in [0.15, 0.2) is 53.7 Å². The van der Waals surface area contributed by atoms with Crippen LogP contribution in [0.4, 0.5) is 35.1 Å². The van der Waals surface area contributed by atoms with E-state index < -0.39 is 23.3 Å². The van der Waals surface area contributed by atoms with Crippen molar-refractivity contribution < 1.29 is 26.9 Å². The van der Waals surface area contributed by atoms with Crippen LogP contribution in [0.3, 0.4) is 0 Å². The Labute approximate surface area is 207 Å². The summed E-state index contributed by atoms with van der Waals surface area (Å²) in [5.41, 5.74) is -0.861. The molecule has 1 saturated carbocycles. The Kier molecular flexibility index (Phi) is 6.13. The number of nitrogens with one attached hydrogen (secondary N) is 2. The van der Waals surface area contributed by atoms with Crippen molar-refractivity contribution in [3.63, 3.8) is 0 Å². The smallest absolute Gasteiger partial charge is 0.358 e. The number of anilines is 3. The Morgan fingerprint density at radius 3 is 2.54 bits per heavy atom. The third-order valence-corrected chi connectivity index (χ3v) is 6.22. The van der Waals surface area contributed by atoms with Gasteiger partial charge in [0.1, 0.15) is 17.1 Å². The van der Waals surface area contributed by atoms with E-state index in [1.54, 1.807) is 31.0 Å². The molecular weight excluding hydrogens is 494 g/mol. The van der Waals surface area contributed by atoms with Gasteiger partial charge in [0.25, 0.3) is 0 Å². The molecule has 1 amide bonds. The maximum absolute atomic E-state index is 14.7. The van der Waals surface area contributed by atoms with E-state index in [1.807, 2.05) is 11.5 Å². The van der Waals surface area contributed by atoms with Gasteiger partial charge in [-0.1, -0.05) is 17.3 Å². The Morgan fingerprint density at radius 2 is 1.89 bits per heavy atom. The number of carbonyl (C=O) groups is 1. The van der Waals surface area contributed by atoms with E-state index in [1.165, 1.54) is 12.1 Å². The van der Waals surface area contributed by atoms with Gasteiger partial charge in [0, 0.05) is 30.6 Å². The van der Waals surface area contributed by atoms with Crippen LogP contribution in [-0.4, -0.2) is 36.8 Å². The minimum absolute atomic E-state index is 0.0918. The second-order valence-corrected chi connectivity index (χ2v) is 8.67. The summed E-state index contributed by atoms with van der Waals surface area (Å²) in [5, 5.41) is 8.92. The van der Waals surface area contributed by atoms with Crippen LogP contribution in [0.2, 0.25) is 0 Å². The van der Waals surface area contributed by atoms with E-state index in [0.717, 1.165) is 18.4 Å². The van der Waals surface area contributed by atoms with Crippen molar-refractivity contribution in [1.29, 1.82) is 0 Å². The molecule has 9 nitrogen and oxygen atoms in total. The minimum Gasteiger partial charge on any atom is -0.358 e. The first-order chi connectivity index (χ1) is 17.7. The van der Waals surface area contributed by atoms with E-state index >= 15 is 0 Å². The van der Waals surface area contributed by atoms with Crippen LogP contribution in [0.25, 0.3) is 11.1 Å². The number of amides is 1. The normalized spacial score (nSPS) is 14.4. The molecule has 3 heterocycles. The van der Waals surface area contributed by atoms with Crippen molar-refractivity contribution >= 4 is 23.5 Å². The lowest BCUT2D eigenvalue weighted by atomic mass is 10.0. The third kappa shape index (κ3) is 4.88. The molecule has 5 rings (SSSR count). The van der Waals surface area contributed by atoms with Gasteiger partial charge in [-0.15, -0.1) is 0 Å².